The molecule has 2 N–H and O–H groups in total. The Morgan fingerprint density at radius 2 is 2.27 bits per heavy atom. The molecular formula is C12H15NO2. The first-order valence-corrected chi connectivity index (χ1v) is 4.81. The highest BCUT2D eigenvalue weighted by atomic mass is 16.3. The number of carbonyl (C=O) groups is 1. The van der Waals surface area contributed by atoms with E-state index < -0.39 is 0 Å². The van der Waals surface area contributed by atoms with Gasteiger partial charge in [0.05, 0.1) is 0 Å². The van der Waals surface area contributed by atoms with Crippen LogP contribution in [-0.4, -0.2) is 17.6 Å². The number of aromatic hydroxyl groups is 1. The van der Waals surface area contributed by atoms with Gasteiger partial charge in [0.1, 0.15) is 5.75 Å². The number of aryl methyl sites for hydroxylation is 1. The Morgan fingerprint density at radius 3 is 2.87 bits per heavy atom. The first kappa shape index (κ1) is 11.3. The molecule has 15 heavy (non-hydrogen) atoms. The summed E-state index contributed by atoms with van der Waals surface area (Å²) in [6.07, 6.45) is 3.62. The maximum absolute atomic E-state index is 10.6. The predicted octanol–water partition coefficient (Wildman–Crippen LogP) is 1.85. The molecule has 0 spiro atoms. The van der Waals surface area contributed by atoms with E-state index in [1.807, 2.05) is 19.1 Å². The summed E-state index contributed by atoms with van der Waals surface area (Å²) < 4.78 is 0. The number of benzene rings is 1. The van der Waals surface area contributed by atoms with Crippen LogP contribution in [0.15, 0.2) is 24.3 Å². The second-order valence-electron chi connectivity index (χ2n) is 3.35. The zero-order valence-electron chi connectivity index (χ0n) is 8.95. The molecule has 0 aliphatic rings. The second kappa shape index (κ2) is 5.20. The first-order chi connectivity index (χ1) is 7.11. The summed E-state index contributed by atoms with van der Waals surface area (Å²) in [7, 11) is 0. The topological polar surface area (TPSA) is 49.3 Å². The number of phenolic OH excluding ortho intramolecular Hbond substituents is 1. The summed E-state index contributed by atoms with van der Waals surface area (Å²) in [6, 6.07) is 5.37. The standard InChI is InChI=1S/C12H15NO2/c1-9-5-3-7-12(15)11(9)6-4-8-13-10(2)14/h3-7,15H,8H2,1-2H3,(H,13,14). The van der Waals surface area contributed by atoms with Gasteiger partial charge in [0, 0.05) is 19.0 Å². The molecule has 0 saturated carbocycles. The van der Waals surface area contributed by atoms with Crippen LogP contribution < -0.4 is 5.32 Å². The van der Waals surface area contributed by atoms with E-state index in [0.29, 0.717) is 6.54 Å². The Balaban J connectivity index is 2.67. The summed E-state index contributed by atoms with van der Waals surface area (Å²) in [4.78, 5) is 10.6. The fourth-order valence-corrected chi connectivity index (χ4v) is 1.26. The number of nitrogens with one attached hydrogen (secondary N) is 1. The van der Waals surface area contributed by atoms with Crippen LogP contribution in [0.1, 0.15) is 18.1 Å². The van der Waals surface area contributed by atoms with Crippen LogP contribution in [0.2, 0.25) is 0 Å². The molecule has 0 aliphatic carbocycles. The second-order valence-corrected chi connectivity index (χ2v) is 3.35. The molecule has 3 nitrogen and oxygen atoms in total. The van der Waals surface area contributed by atoms with Gasteiger partial charge >= 0.3 is 0 Å². The van der Waals surface area contributed by atoms with Gasteiger partial charge in [-0.05, 0) is 18.6 Å². The molecule has 0 atom stereocenters. The molecule has 0 aromatic heterocycles. The van der Waals surface area contributed by atoms with Crippen molar-refractivity contribution in [1.82, 2.24) is 5.32 Å². The van der Waals surface area contributed by atoms with Crippen LogP contribution in [0, 0.1) is 6.92 Å². The van der Waals surface area contributed by atoms with Crippen LogP contribution in [0.4, 0.5) is 0 Å². The van der Waals surface area contributed by atoms with E-state index in [4.69, 9.17) is 0 Å². The van der Waals surface area contributed by atoms with Crippen molar-refractivity contribution in [2.24, 2.45) is 0 Å². The monoisotopic (exact) mass is 205 g/mol. The number of carbonyl (C=O) groups excluding carboxylic acids is 1. The minimum atomic E-state index is -0.0614. The molecule has 0 aliphatic heterocycles. The summed E-state index contributed by atoms with van der Waals surface area (Å²) >= 11 is 0. The van der Waals surface area contributed by atoms with Crippen LogP contribution in [0.5, 0.6) is 5.75 Å². The molecule has 80 valence electrons. The maximum atomic E-state index is 10.6. The Bertz CT molecular complexity index is 363. The average Bonchev–Trinajstić information content (AvgIpc) is 2.15. The van der Waals surface area contributed by atoms with Crippen molar-refractivity contribution in [3.63, 3.8) is 0 Å². The van der Waals surface area contributed by atoms with E-state index in [1.165, 1.54) is 6.92 Å². The molecule has 0 saturated heterocycles. The average molecular weight is 205 g/mol. The van der Waals surface area contributed by atoms with E-state index in [1.54, 1.807) is 18.2 Å². The first-order valence-electron chi connectivity index (χ1n) is 4.81. The van der Waals surface area contributed by atoms with Gasteiger partial charge in [0.2, 0.25) is 5.91 Å². The lowest BCUT2D eigenvalue weighted by atomic mass is 10.1. The van der Waals surface area contributed by atoms with Crippen molar-refractivity contribution in [2.75, 3.05) is 6.54 Å². The molecule has 0 unspecified atom stereocenters. The van der Waals surface area contributed by atoms with E-state index in [2.05, 4.69) is 5.32 Å². The fourth-order valence-electron chi connectivity index (χ4n) is 1.26. The smallest absolute Gasteiger partial charge is 0.217 e. The molecule has 1 rings (SSSR count). The van der Waals surface area contributed by atoms with Gasteiger partial charge in [-0.3, -0.25) is 4.79 Å². The van der Waals surface area contributed by atoms with Gasteiger partial charge in [0.15, 0.2) is 0 Å². The van der Waals surface area contributed by atoms with Crippen LogP contribution in [0.3, 0.4) is 0 Å². The van der Waals surface area contributed by atoms with Crippen LogP contribution in [0.25, 0.3) is 6.08 Å². The summed E-state index contributed by atoms with van der Waals surface area (Å²) in [5.41, 5.74) is 1.80. The van der Waals surface area contributed by atoms with Crippen molar-refractivity contribution < 1.29 is 9.90 Å². The number of phenols is 1. The molecule has 1 aromatic carbocycles. The van der Waals surface area contributed by atoms with Gasteiger partial charge in [0.25, 0.3) is 0 Å². The summed E-state index contributed by atoms with van der Waals surface area (Å²) in [6.45, 7) is 3.87. The van der Waals surface area contributed by atoms with Crippen LogP contribution in [-0.2, 0) is 4.79 Å². The summed E-state index contributed by atoms with van der Waals surface area (Å²) in [5, 5.41) is 12.2. The number of hydrogen-bond acceptors (Lipinski definition) is 2. The highest BCUT2D eigenvalue weighted by molar-refractivity contribution is 5.73. The molecule has 3 heteroatoms. The largest absolute Gasteiger partial charge is 0.507 e. The Hall–Kier alpha value is -1.77. The van der Waals surface area contributed by atoms with Gasteiger partial charge in [-0.1, -0.05) is 24.3 Å². The predicted molar refractivity (Wildman–Crippen MR) is 60.6 cm³/mol. The fraction of sp³-hybridized carbons (Fsp3) is 0.250. The summed E-state index contributed by atoms with van der Waals surface area (Å²) in [5.74, 6) is 0.197. The van der Waals surface area contributed by atoms with E-state index in [-0.39, 0.29) is 11.7 Å². The lowest BCUT2D eigenvalue weighted by Crippen LogP contribution is -2.19. The lowest BCUT2D eigenvalue weighted by Gasteiger charge is -2.02. The molecule has 0 bridgehead atoms. The minimum absolute atomic E-state index is 0.0614. The van der Waals surface area contributed by atoms with Crippen molar-refractivity contribution in [1.29, 1.82) is 0 Å². The van der Waals surface area contributed by atoms with Gasteiger partial charge in [-0.25, -0.2) is 0 Å². The Kier molecular flexibility index (Phi) is 3.92. The Labute approximate surface area is 89.4 Å². The van der Waals surface area contributed by atoms with Crippen molar-refractivity contribution in [3.05, 3.63) is 35.4 Å². The number of amides is 1. The molecule has 1 aromatic rings. The third-order valence-corrected chi connectivity index (χ3v) is 2.05. The lowest BCUT2D eigenvalue weighted by molar-refractivity contribution is -0.118. The molecule has 1 amide bonds. The normalized spacial score (nSPS) is 10.5. The molecule has 0 radical (unpaired) electrons. The zero-order chi connectivity index (χ0) is 11.3. The minimum Gasteiger partial charge on any atom is -0.507 e. The van der Waals surface area contributed by atoms with Gasteiger partial charge in [-0.2, -0.15) is 0 Å². The third kappa shape index (κ3) is 3.46. The Morgan fingerprint density at radius 1 is 1.53 bits per heavy atom. The maximum Gasteiger partial charge on any atom is 0.217 e. The molecular weight excluding hydrogens is 190 g/mol. The van der Waals surface area contributed by atoms with Crippen LogP contribution >= 0.6 is 0 Å². The van der Waals surface area contributed by atoms with Crippen molar-refractivity contribution >= 4 is 12.0 Å². The van der Waals surface area contributed by atoms with Gasteiger partial charge in [-0.15, -0.1) is 0 Å². The third-order valence-electron chi connectivity index (χ3n) is 2.05. The quantitative estimate of drug-likeness (QED) is 0.791. The number of rotatable bonds is 3. The van der Waals surface area contributed by atoms with E-state index in [0.717, 1.165) is 11.1 Å². The number of hydrogen-bond donors (Lipinski definition) is 2. The SMILES string of the molecule is CC(=O)NCC=Cc1c(C)cccc1O. The molecule has 0 heterocycles. The van der Waals surface area contributed by atoms with Crippen molar-refractivity contribution in [2.45, 2.75) is 13.8 Å². The van der Waals surface area contributed by atoms with E-state index >= 15 is 0 Å². The van der Waals surface area contributed by atoms with E-state index in [9.17, 15) is 9.90 Å². The zero-order valence-corrected chi connectivity index (χ0v) is 8.95. The molecule has 0 fully saturated rings. The highest BCUT2D eigenvalue weighted by Gasteiger charge is 1.98. The highest BCUT2D eigenvalue weighted by Crippen LogP contribution is 2.21. The van der Waals surface area contributed by atoms with Gasteiger partial charge < -0.3 is 10.4 Å². The van der Waals surface area contributed by atoms with Crippen molar-refractivity contribution in [3.8, 4) is 5.75 Å².